The summed E-state index contributed by atoms with van der Waals surface area (Å²) in [6.07, 6.45) is 2.47. The second-order valence-corrected chi connectivity index (χ2v) is 6.13. The van der Waals surface area contributed by atoms with Crippen molar-refractivity contribution in [3.05, 3.63) is 48.3 Å². The average molecular weight is 383 g/mol. The van der Waals surface area contributed by atoms with E-state index in [1.807, 2.05) is 18.2 Å². The van der Waals surface area contributed by atoms with Gasteiger partial charge >= 0.3 is 0 Å². The van der Waals surface area contributed by atoms with E-state index in [1.54, 1.807) is 13.2 Å². The standard InChI is InChI=1S/C21H25N3O4/c1-3-15-5-4-6-16(11-15)24-21-17-12-19(28-10-9-26-2)20(27-8-7-25)13-18(17)22-14-23-21/h4-6,11-14,25H,3,7-10H2,1-2H3,(H,22,23,24). The van der Waals surface area contributed by atoms with Gasteiger partial charge in [0.1, 0.15) is 25.4 Å². The maximum atomic E-state index is 9.08. The van der Waals surface area contributed by atoms with Crippen molar-refractivity contribution in [1.29, 1.82) is 0 Å². The van der Waals surface area contributed by atoms with Crippen molar-refractivity contribution in [3.63, 3.8) is 0 Å². The lowest BCUT2D eigenvalue weighted by atomic mass is 10.1. The summed E-state index contributed by atoms with van der Waals surface area (Å²) in [6, 6.07) is 11.9. The van der Waals surface area contributed by atoms with E-state index in [2.05, 4.69) is 34.3 Å². The molecule has 0 radical (unpaired) electrons. The topological polar surface area (TPSA) is 85.7 Å². The number of aromatic nitrogens is 2. The minimum Gasteiger partial charge on any atom is -0.487 e. The molecule has 0 bridgehead atoms. The largest absolute Gasteiger partial charge is 0.487 e. The van der Waals surface area contributed by atoms with Gasteiger partial charge in [0.25, 0.3) is 0 Å². The van der Waals surface area contributed by atoms with Crippen molar-refractivity contribution >= 4 is 22.4 Å². The molecule has 0 saturated heterocycles. The van der Waals surface area contributed by atoms with Crippen molar-refractivity contribution in [2.75, 3.05) is 38.9 Å². The van der Waals surface area contributed by atoms with Gasteiger partial charge in [0, 0.05) is 24.2 Å². The van der Waals surface area contributed by atoms with Crippen LogP contribution in [0.4, 0.5) is 11.5 Å². The zero-order valence-electron chi connectivity index (χ0n) is 16.1. The van der Waals surface area contributed by atoms with Gasteiger partial charge in [-0.05, 0) is 30.2 Å². The smallest absolute Gasteiger partial charge is 0.163 e. The summed E-state index contributed by atoms with van der Waals surface area (Å²) >= 11 is 0. The van der Waals surface area contributed by atoms with Crippen LogP contribution >= 0.6 is 0 Å². The Morgan fingerprint density at radius 3 is 2.61 bits per heavy atom. The van der Waals surface area contributed by atoms with E-state index in [0.717, 1.165) is 23.0 Å². The number of methoxy groups -OCH3 is 1. The van der Waals surface area contributed by atoms with Crippen LogP contribution in [-0.4, -0.2) is 48.6 Å². The number of anilines is 2. The van der Waals surface area contributed by atoms with Gasteiger partial charge < -0.3 is 24.6 Å². The molecule has 0 spiro atoms. The van der Waals surface area contributed by atoms with Gasteiger partial charge in [-0.1, -0.05) is 19.1 Å². The first-order valence-corrected chi connectivity index (χ1v) is 9.25. The number of hydrogen-bond donors (Lipinski definition) is 2. The van der Waals surface area contributed by atoms with E-state index in [9.17, 15) is 0 Å². The average Bonchev–Trinajstić information content (AvgIpc) is 2.73. The van der Waals surface area contributed by atoms with E-state index in [0.29, 0.717) is 30.5 Å². The van der Waals surface area contributed by atoms with Crippen LogP contribution in [-0.2, 0) is 11.2 Å². The van der Waals surface area contributed by atoms with E-state index in [1.165, 1.54) is 11.9 Å². The van der Waals surface area contributed by atoms with Gasteiger partial charge in [-0.15, -0.1) is 0 Å². The molecule has 0 aliphatic carbocycles. The Hall–Kier alpha value is -2.90. The third-order valence-electron chi connectivity index (χ3n) is 4.19. The number of nitrogens with zero attached hydrogens (tertiary/aromatic N) is 2. The number of rotatable bonds is 10. The zero-order valence-corrected chi connectivity index (χ0v) is 16.1. The molecule has 7 heteroatoms. The van der Waals surface area contributed by atoms with Crippen LogP contribution in [0.15, 0.2) is 42.7 Å². The molecule has 0 aliphatic rings. The Bertz CT molecular complexity index is 917. The molecular formula is C21H25N3O4. The second-order valence-electron chi connectivity index (χ2n) is 6.13. The van der Waals surface area contributed by atoms with Gasteiger partial charge in [0.2, 0.25) is 0 Å². The van der Waals surface area contributed by atoms with E-state index < -0.39 is 0 Å². The molecule has 1 aromatic heterocycles. The Morgan fingerprint density at radius 1 is 1.00 bits per heavy atom. The van der Waals surface area contributed by atoms with Crippen LogP contribution in [0.25, 0.3) is 10.9 Å². The summed E-state index contributed by atoms with van der Waals surface area (Å²) < 4.78 is 16.5. The highest BCUT2D eigenvalue weighted by Gasteiger charge is 2.13. The first-order valence-electron chi connectivity index (χ1n) is 9.25. The van der Waals surface area contributed by atoms with Gasteiger partial charge in [-0.3, -0.25) is 0 Å². The highest BCUT2D eigenvalue weighted by Crippen LogP contribution is 2.35. The molecule has 0 atom stereocenters. The number of ether oxygens (including phenoxy) is 3. The van der Waals surface area contributed by atoms with E-state index in [-0.39, 0.29) is 13.2 Å². The molecule has 28 heavy (non-hydrogen) atoms. The molecule has 148 valence electrons. The Kier molecular flexibility index (Phi) is 7.00. The number of nitrogens with one attached hydrogen (secondary N) is 1. The Balaban J connectivity index is 1.97. The van der Waals surface area contributed by atoms with Crippen molar-refractivity contribution in [2.45, 2.75) is 13.3 Å². The highest BCUT2D eigenvalue weighted by atomic mass is 16.5. The lowest BCUT2D eigenvalue weighted by molar-refractivity contribution is 0.141. The number of benzene rings is 2. The molecular weight excluding hydrogens is 358 g/mol. The van der Waals surface area contributed by atoms with Gasteiger partial charge in [-0.2, -0.15) is 0 Å². The van der Waals surface area contributed by atoms with E-state index in [4.69, 9.17) is 19.3 Å². The number of aliphatic hydroxyl groups is 1. The van der Waals surface area contributed by atoms with Crippen molar-refractivity contribution in [3.8, 4) is 11.5 Å². The van der Waals surface area contributed by atoms with Crippen molar-refractivity contribution in [2.24, 2.45) is 0 Å². The normalized spacial score (nSPS) is 10.8. The van der Waals surface area contributed by atoms with Gasteiger partial charge in [0.05, 0.1) is 18.7 Å². The van der Waals surface area contributed by atoms with Crippen molar-refractivity contribution < 1.29 is 19.3 Å². The molecule has 3 rings (SSSR count). The summed E-state index contributed by atoms with van der Waals surface area (Å²) in [7, 11) is 1.62. The number of aliphatic hydroxyl groups excluding tert-OH is 1. The Morgan fingerprint density at radius 2 is 1.82 bits per heavy atom. The molecule has 0 unspecified atom stereocenters. The third kappa shape index (κ3) is 4.88. The first-order chi connectivity index (χ1) is 13.7. The summed E-state index contributed by atoms with van der Waals surface area (Å²) in [4.78, 5) is 8.75. The third-order valence-corrected chi connectivity index (χ3v) is 4.19. The van der Waals surface area contributed by atoms with Crippen molar-refractivity contribution in [1.82, 2.24) is 9.97 Å². The second kappa shape index (κ2) is 9.87. The van der Waals surface area contributed by atoms with Crippen LogP contribution in [0.3, 0.4) is 0 Å². The maximum Gasteiger partial charge on any atom is 0.163 e. The summed E-state index contributed by atoms with van der Waals surface area (Å²) in [6.45, 7) is 3.05. The molecule has 0 aliphatic heterocycles. The predicted octanol–water partition coefficient (Wildman–Crippen LogP) is 3.33. The fourth-order valence-corrected chi connectivity index (χ4v) is 2.79. The maximum absolute atomic E-state index is 9.08. The number of fused-ring (bicyclic) bond motifs is 1. The lowest BCUT2D eigenvalue weighted by Gasteiger charge is -2.15. The van der Waals surface area contributed by atoms with Gasteiger partial charge in [0.15, 0.2) is 11.5 Å². The molecule has 2 aromatic carbocycles. The van der Waals surface area contributed by atoms with Crippen LogP contribution in [0.2, 0.25) is 0 Å². The fraction of sp³-hybridized carbons (Fsp3) is 0.333. The zero-order chi connectivity index (χ0) is 19.8. The molecule has 1 heterocycles. The minimum atomic E-state index is -0.0834. The monoisotopic (exact) mass is 383 g/mol. The summed E-state index contributed by atoms with van der Waals surface area (Å²) in [5.41, 5.74) is 2.92. The van der Waals surface area contributed by atoms with Crippen LogP contribution in [0.1, 0.15) is 12.5 Å². The molecule has 0 fully saturated rings. The molecule has 0 saturated carbocycles. The molecule has 7 nitrogen and oxygen atoms in total. The SMILES string of the molecule is CCc1cccc(Nc2ncnc3cc(OCCO)c(OCCOC)cc23)c1. The van der Waals surface area contributed by atoms with Crippen LogP contribution in [0.5, 0.6) is 11.5 Å². The quantitative estimate of drug-likeness (QED) is 0.519. The summed E-state index contributed by atoms with van der Waals surface area (Å²) in [5.74, 6) is 1.76. The van der Waals surface area contributed by atoms with Gasteiger partial charge in [-0.25, -0.2) is 9.97 Å². The molecule has 3 aromatic rings. The highest BCUT2D eigenvalue weighted by molar-refractivity contribution is 5.93. The van der Waals surface area contributed by atoms with Crippen LogP contribution in [0, 0.1) is 0 Å². The summed E-state index contributed by atoms with van der Waals surface area (Å²) in [5, 5.41) is 13.3. The lowest BCUT2D eigenvalue weighted by Crippen LogP contribution is -2.08. The molecule has 0 amide bonds. The first kappa shape index (κ1) is 19.9. The van der Waals surface area contributed by atoms with Crippen LogP contribution < -0.4 is 14.8 Å². The molecule has 2 N–H and O–H groups in total. The predicted molar refractivity (Wildman–Crippen MR) is 109 cm³/mol. The Labute approximate surface area is 164 Å². The number of hydrogen-bond acceptors (Lipinski definition) is 7. The minimum absolute atomic E-state index is 0.0834. The van der Waals surface area contributed by atoms with E-state index >= 15 is 0 Å². The number of aryl methyl sites for hydroxylation is 1. The fourth-order valence-electron chi connectivity index (χ4n) is 2.79.